The lowest BCUT2D eigenvalue weighted by atomic mass is 10.0. The molecule has 4 heteroatoms. The Balaban J connectivity index is 3.50. The Morgan fingerprint density at radius 2 is 0.600 bits per heavy atom. The van der Waals surface area contributed by atoms with Crippen molar-refractivity contribution in [2.45, 2.75) is 328 Å². The molecule has 0 aliphatic carbocycles. The molecule has 0 aliphatic rings. The number of allylic oxidation sites excluding steroid dienone is 17. The Morgan fingerprint density at radius 1 is 0.333 bits per heavy atom. The molecule has 4 nitrogen and oxygen atoms in total. The summed E-state index contributed by atoms with van der Waals surface area (Å²) in [6.07, 6.45) is 98.7. The lowest BCUT2D eigenvalue weighted by Gasteiger charge is -2.19. The van der Waals surface area contributed by atoms with Crippen LogP contribution in [0.2, 0.25) is 0 Å². The van der Waals surface area contributed by atoms with Gasteiger partial charge in [-0.15, -0.1) is 0 Å². The number of carbonyl (C=O) groups is 1. The first-order valence-electron chi connectivity index (χ1n) is 32.6. The molecule has 0 fully saturated rings. The summed E-state index contributed by atoms with van der Waals surface area (Å²) in [6.45, 7) is 4.20. The second-order valence-corrected chi connectivity index (χ2v) is 21.8. The van der Waals surface area contributed by atoms with Gasteiger partial charge in [0.2, 0.25) is 5.91 Å². The van der Waals surface area contributed by atoms with E-state index in [1.165, 1.54) is 218 Å². The summed E-state index contributed by atoms with van der Waals surface area (Å²) in [5, 5.41) is 23.2. The van der Waals surface area contributed by atoms with Crippen LogP contribution in [0.1, 0.15) is 316 Å². The lowest BCUT2D eigenvalue weighted by molar-refractivity contribution is -0.123. The van der Waals surface area contributed by atoms with Gasteiger partial charge in [0.25, 0.3) is 0 Å². The van der Waals surface area contributed by atoms with E-state index in [2.05, 4.69) is 116 Å². The molecule has 0 spiro atoms. The first-order chi connectivity index (χ1) is 37.2. The minimum absolute atomic E-state index is 0.0756. The van der Waals surface area contributed by atoms with Crippen molar-refractivity contribution in [3.05, 3.63) is 109 Å². The molecule has 2 unspecified atom stereocenters. The standard InChI is InChI=1S/C71H125NO3/c1-3-5-7-9-11-13-15-17-19-21-23-25-27-28-29-30-31-32-33-34-35-36-37-38-39-40-41-42-43-44-45-47-49-51-53-55-57-59-61-63-65-67-71(75)72-69(68-73)70(74)66-64-62-60-58-56-54-52-50-48-46-26-24-22-20-18-16-14-12-10-8-6-4-2/h5,7,11,13,17,19,23,25,28-29,31-32,48,50,56,58,64,66,69-70,73-74H,3-4,6,8-10,12,14-16,18,20-22,24,26-27,30,33-47,49,51-55,57,59-63,65,67-68H2,1-2H3,(H,72,75)/b7-5-,13-11-,19-17-,25-23-,29-28-,32-31-,50-48+,58-56+,66-64+. The number of amides is 1. The highest BCUT2D eigenvalue weighted by Crippen LogP contribution is 2.17. The van der Waals surface area contributed by atoms with Crippen molar-refractivity contribution in [1.82, 2.24) is 5.32 Å². The average molecular weight is 1040 g/mol. The third kappa shape index (κ3) is 61.8. The molecule has 2 atom stereocenters. The van der Waals surface area contributed by atoms with Gasteiger partial charge >= 0.3 is 0 Å². The second kappa shape index (κ2) is 65.3. The molecule has 1 amide bonds. The monoisotopic (exact) mass is 1040 g/mol. The number of aliphatic hydroxyl groups is 2. The van der Waals surface area contributed by atoms with Crippen molar-refractivity contribution in [2.24, 2.45) is 0 Å². The van der Waals surface area contributed by atoms with Gasteiger partial charge in [0.05, 0.1) is 18.8 Å². The summed E-state index contributed by atoms with van der Waals surface area (Å²) in [5.74, 6) is -0.0756. The van der Waals surface area contributed by atoms with Crippen LogP contribution in [0.15, 0.2) is 109 Å². The van der Waals surface area contributed by atoms with Gasteiger partial charge in [-0.1, -0.05) is 322 Å². The topological polar surface area (TPSA) is 69.6 Å². The molecule has 0 aromatic carbocycles. The van der Waals surface area contributed by atoms with E-state index >= 15 is 0 Å². The van der Waals surface area contributed by atoms with Crippen LogP contribution in [0.25, 0.3) is 0 Å². The average Bonchev–Trinajstić information content (AvgIpc) is 3.41. The number of carbonyl (C=O) groups excluding carboxylic acids is 1. The minimum atomic E-state index is -0.874. The van der Waals surface area contributed by atoms with Crippen LogP contribution in [0.3, 0.4) is 0 Å². The number of hydrogen-bond acceptors (Lipinski definition) is 3. The number of unbranched alkanes of at least 4 members (excludes halogenated alkanes) is 36. The largest absolute Gasteiger partial charge is 0.394 e. The summed E-state index contributed by atoms with van der Waals surface area (Å²) in [4.78, 5) is 12.5. The predicted octanol–water partition coefficient (Wildman–Crippen LogP) is 22.2. The molecule has 0 rings (SSSR count). The number of hydrogen-bond donors (Lipinski definition) is 3. The summed E-state index contributed by atoms with van der Waals surface area (Å²) < 4.78 is 0. The predicted molar refractivity (Wildman–Crippen MR) is 336 cm³/mol. The van der Waals surface area contributed by atoms with E-state index in [-0.39, 0.29) is 12.5 Å². The quantitative estimate of drug-likeness (QED) is 0.0420. The van der Waals surface area contributed by atoms with Crippen LogP contribution in [0.5, 0.6) is 0 Å². The molecule has 0 saturated carbocycles. The Kier molecular flexibility index (Phi) is 62.8. The fourth-order valence-electron chi connectivity index (χ4n) is 9.57. The zero-order valence-electron chi connectivity index (χ0n) is 49.8. The van der Waals surface area contributed by atoms with Crippen LogP contribution >= 0.6 is 0 Å². The molecule has 75 heavy (non-hydrogen) atoms. The fourth-order valence-corrected chi connectivity index (χ4v) is 9.57. The smallest absolute Gasteiger partial charge is 0.220 e. The van der Waals surface area contributed by atoms with Crippen molar-refractivity contribution in [2.75, 3.05) is 6.61 Å². The van der Waals surface area contributed by atoms with Crippen molar-refractivity contribution in [3.63, 3.8) is 0 Å². The molecule has 0 bridgehead atoms. The number of aliphatic hydroxyl groups excluding tert-OH is 2. The molecular formula is C71H125NO3. The lowest BCUT2D eigenvalue weighted by Crippen LogP contribution is -2.45. The summed E-state index contributed by atoms with van der Waals surface area (Å²) in [6, 6.07) is -0.650. The molecule has 0 aliphatic heterocycles. The van der Waals surface area contributed by atoms with Gasteiger partial charge in [0.1, 0.15) is 0 Å². The highest BCUT2D eigenvalue weighted by atomic mass is 16.3. The molecular weight excluding hydrogens is 915 g/mol. The molecule has 3 N–H and O–H groups in total. The van der Waals surface area contributed by atoms with E-state index in [9.17, 15) is 15.0 Å². The van der Waals surface area contributed by atoms with E-state index in [1.807, 2.05) is 6.08 Å². The van der Waals surface area contributed by atoms with Crippen molar-refractivity contribution < 1.29 is 15.0 Å². The first-order valence-corrected chi connectivity index (χ1v) is 32.6. The summed E-state index contributed by atoms with van der Waals surface area (Å²) in [5.41, 5.74) is 0. The third-order valence-corrected chi connectivity index (χ3v) is 14.5. The maximum absolute atomic E-state index is 12.5. The normalized spacial score (nSPS) is 13.5. The van der Waals surface area contributed by atoms with Gasteiger partial charge in [-0.05, 0) is 96.3 Å². The van der Waals surface area contributed by atoms with Gasteiger partial charge in [-0.25, -0.2) is 0 Å². The Labute approximate surface area is 467 Å². The highest BCUT2D eigenvalue weighted by Gasteiger charge is 2.18. The molecule has 0 aromatic heterocycles. The molecule has 0 saturated heterocycles. The molecule has 432 valence electrons. The number of rotatable bonds is 59. The van der Waals surface area contributed by atoms with Gasteiger partial charge in [-0.3, -0.25) is 4.79 Å². The van der Waals surface area contributed by atoms with Gasteiger partial charge in [-0.2, -0.15) is 0 Å². The van der Waals surface area contributed by atoms with E-state index in [4.69, 9.17) is 0 Å². The van der Waals surface area contributed by atoms with E-state index in [0.717, 1.165) is 77.0 Å². The first kappa shape index (κ1) is 72.0. The maximum Gasteiger partial charge on any atom is 0.220 e. The fraction of sp³-hybridized carbons (Fsp3) is 0.732. The Hall–Kier alpha value is -2.95. The minimum Gasteiger partial charge on any atom is -0.394 e. The van der Waals surface area contributed by atoms with Crippen molar-refractivity contribution >= 4 is 5.91 Å². The zero-order chi connectivity index (χ0) is 54.1. The van der Waals surface area contributed by atoms with E-state index in [0.29, 0.717) is 6.42 Å². The van der Waals surface area contributed by atoms with E-state index < -0.39 is 12.1 Å². The van der Waals surface area contributed by atoms with Crippen molar-refractivity contribution in [3.8, 4) is 0 Å². The Bertz CT molecular complexity index is 1410. The van der Waals surface area contributed by atoms with E-state index in [1.54, 1.807) is 6.08 Å². The third-order valence-electron chi connectivity index (χ3n) is 14.5. The molecule has 0 aromatic rings. The summed E-state index contributed by atoms with van der Waals surface area (Å²) >= 11 is 0. The maximum atomic E-state index is 12.5. The van der Waals surface area contributed by atoms with Crippen LogP contribution in [-0.2, 0) is 4.79 Å². The van der Waals surface area contributed by atoms with Crippen LogP contribution < -0.4 is 5.32 Å². The van der Waals surface area contributed by atoms with Crippen molar-refractivity contribution in [1.29, 1.82) is 0 Å². The van der Waals surface area contributed by atoms with Gasteiger partial charge in [0, 0.05) is 6.42 Å². The van der Waals surface area contributed by atoms with Crippen LogP contribution in [0, 0.1) is 0 Å². The van der Waals surface area contributed by atoms with Gasteiger partial charge in [0.15, 0.2) is 0 Å². The summed E-state index contributed by atoms with van der Waals surface area (Å²) in [7, 11) is 0. The number of nitrogens with one attached hydrogen (secondary N) is 1. The second-order valence-electron chi connectivity index (χ2n) is 21.8. The molecule has 0 heterocycles. The zero-order valence-corrected chi connectivity index (χ0v) is 49.8. The van der Waals surface area contributed by atoms with Crippen LogP contribution in [-0.4, -0.2) is 34.9 Å². The van der Waals surface area contributed by atoms with Crippen LogP contribution in [0.4, 0.5) is 0 Å². The molecule has 0 radical (unpaired) electrons. The SMILES string of the molecule is CC/C=C\C/C=C\C/C=C\C/C=C\C/C=C\C/C=C\CCCCCCCCCCCCCCCCCCCCCCCCC(=O)NC(CO)C(O)/C=C/CC/C=C/CC/C=C/CCCCCCCCCCCCCC. The van der Waals surface area contributed by atoms with Gasteiger partial charge < -0.3 is 15.5 Å². The highest BCUT2D eigenvalue weighted by molar-refractivity contribution is 5.76. The Morgan fingerprint density at radius 3 is 0.933 bits per heavy atom.